The Morgan fingerprint density at radius 3 is 2.67 bits per heavy atom. The first kappa shape index (κ1) is 6.78. The van der Waals surface area contributed by atoms with Crippen LogP contribution in [0.1, 0.15) is 0 Å². The molecule has 0 aliphatic carbocycles. The number of hydrogen-bond donors (Lipinski definition) is 2. The van der Waals surface area contributed by atoms with Crippen molar-refractivity contribution in [3.8, 4) is 0 Å². The highest BCUT2D eigenvalue weighted by molar-refractivity contribution is 6.30. The highest BCUT2D eigenvalue weighted by Crippen LogP contribution is 2.11. The lowest BCUT2D eigenvalue weighted by molar-refractivity contribution is 0.825. The Labute approximate surface area is 63.3 Å². The maximum atomic E-state index is 5.63. The van der Waals surface area contributed by atoms with Crippen molar-refractivity contribution >= 4 is 23.2 Å². The minimum atomic E-state index is -0.359. The van der Waals surface area contributed by atoms with Crippen LogP contribution >= 0.6 is 23.2 Å². The number of alkyl halides is 1. The van der Waals surface area contributed by atoms with E-state index in [1.54, 1.807) is 12.2 Å². The van der Waals surface area contributed by atoms with Gasteiger partial charge < -0.3 is 11.1 Å². The molecule has 1 atom stereocenters. The minimum absolute atomic E-state index is 0.359. The van der Waals surface area contributed by atoms with Crippen LogP contribution < -0.4 is 11.1 Å². The van der Waals surface area contributed by atoms with E-state index in [9.17, 15) is 0 Å². The smallest absolute Gasteiger partial charge is 0.142 e. The lowest BCUT2D eigenvalue weighted by atomic mass is 10.3. The highest BCUT2D eigenvalue weighted by atomic mass is 35.5. The van der Waals surface area contributed by atoms with E-state index in [1.165, 1.54) is 0 Å². The molecule has 50 valence electrons. The molecule has 1 heterocycles. The fourth-order valence-corrected chi connectivity index (χ4v) is 0.925. The Bertz CT molecular complexity index is 174. The number of dihydropyridines is 1. The fourth-order valence-electron chi connectivity index (χ4n) is 0.506. The third-order valence-corrected chi connectivity index (χ3v) is 1.58. The Morgan fingerprint density at radius 2 is 2.22 bits per heavy atom. The van der Waals surface area contributed by atoms with Crippen molar-refractivity contribution in [1.29, 1.82) is 0 Å². The number of nitrogens with one attached hydrogen (secondary N) is 1. The van der Waals surface area contributed by atoms with Crippen LogP contribution in [0.2, 0.25) is 0 Å². The Hall–Kier alpha value is -0.340. The zero-order valence-electron chi connectivity index (χ0n) is 4.57. The van der Waals surface area contributed by atoms with Crippen LogP contribution in [0, 0.1) is 0 Å². The van der Waals surface area contributed by atoms with Gasteiger partial charge in [0.2, 0.25) is 0 Å². The molecular weight excluding hydrogens is 159 g/mol. The first-order chi connectivity index (χ1) is 4.20. The molecule has 1 aliphatic heterocycles. The normalized spacial score (nSPS) is 26.2. The molecule has 0 spiro atoms. The quantitative estimate of drug-likeness (QED) is 0.416. The summed E-state index contributed by atoms with van der Waals surface area (Å²) in [5.41, 5.74) is 5.63. The number of nitrogens with two attached hydrogens (primary N) is 1. The molecule has 1 unspecified atom stereocenters. The van der Waals surface area contributed by atoms with Crippen molar-refractivity contribution in [1.82, 2.24) is 5.32 Å². The van der Waals surface area contributed by atoms with Gasteiger partial charge in [-0.15, -0.1) is 0 Å². The molecule has 4 heteroatoms. The van der Waals surface area contributed by atoms with Crippen molar-refractivity contribution in [2.75, 3.05) is 0 Å². The first-order valence-corrected chi connectivity index (χ1v) is 3.25. The molecule has 0 saturated carbocycles. The highest BCUT2D eigenvalue weighted by Gasteiger charge is 2.09. The summed E-state index contributed by atoms with van der Waals surface area (Å²) in [5, 5.41) is 3.25. The van der Waals surface area contributed by atoms with E-state index in [2.05, 4.69) is 5.32 Å². The summed E-state index contributed by atoms with van der Waals surface area (Å²) in [6.45, 7) is 0. The molecule has 0 aromatic heterocycles. The molecule has 0 aromatic rings. The van der Waals surface area contributed by atoms with Gasteiger partial charge in [0, 0.05) is 5.70 Å². The van der Waals surface area contributed by atoms with Gasteiger partial charge in [0.25, 0.3) is 0 Å². The molecule has 9 heavy (non-hydrogen) atoms. The second-order valence-corrected chi connectivity index (χ2v) is 2.53. The van der Waals surface area contributed by atoms with Crippen molar-refractivity contribution in [2.45, 2.75) is 5.50 Å². The summed E-state index contributed by atoms with van der Waals surface area (Å²) < 4.78 is 0. The fraction of sp³-hybridized carbons (Fsp3) is 0.200. The van der Waals surface area contributed by atoms with E-state index in [-0.39, 0.29) is 5.50 Å². The van der Waals surface area contributed by atoms with E-state index in [1.807, 2.05) is 0 Å². The lowest BCUT2D eigenvalue weighted by Crippen LogP contribution is -2.29. The van der Waals surface area contributed by atoms with Gasteiger partial charge in [-0.05, 0) is 12.2 Å². The third-order valence-electron chi connectivity index (χ3n) is 0.979. The number of rotatable bonds is 0. The van der Waals surface area contributed by atoms with Gasteiger partial charge in [-0.2, -0.15) is 0 Å². The third kappa shape index (κ3) is 1.53. The van der Waals surface area contributed by atoms with Gasteiger partial charge >= 0.3 is 0 Å². The average Bonchev–Trinajstić information content (AvgIpc) is 1.80. The zero-order valence-corrected chi connectivity index (χ0v) is 6.08. The standard InChI is InChI=1S/C5H6Cl2N2/c6-4-2-1-3(8)5(7)9-4/h1-2,5,9H,8H2. The first-order valence-electron chi connectivity index (χ1n) is 2.43. The van der Waals surface area contributed by atoms with Crippen LogP contribution in [-0.4, -0.2) is 5.50 Å². The van der Waals surface area contributed by atoms with E-state index >= 15 is 0 Å². The molecule has 1 aliphatic rings. The van der Waals surface area contributed by atoms with Crippen LogP contribution in [0.25, 0.3) is 0 Å². The van der Waals surface area contributed by atoms with Gasteiger partial charge in [-0.1, -0.05) is 23.2 Å². The summed E-state index contributed by atoms with van der Waals surface area (Å²) >= 11 is 11.2. The van der Waals surface area contributed by atoms with Crippen LogP contribution in [0.15, 0.2) is 23.0 Å². The molecule has 0 fully saturated rings. The maximum absolute atomic E-state index is 5.63. The summed E-state index contributed by atoms with van der Waals surface area (Å²) in [6.07, 6.45) is 3.34. The molecule has 0 amide bonds. The lowest BCUT2D eigenvalue weighted by Gasteiger charge is -2.15. The largest absolute Gasteiger partial charge is 0.399 e. The van der Waals surface area contributed by atoms with Crippen LogP contribution in [0.5, 0.6) is 0 Å². The van der Waals surface area contributed by atoms with Crippen molar-refractivity contribution in [2.24, 2.45) is 5.73 Å². The van der Waals surface area contributed by atoms with Gasteiger partial charge in [0.05, 0.1) is 0 Å². The minimum Gasteiger partial charge on any atom is -0.399 e. The Morgan fingerprint density at radius 1 is 1.56 bits per heavy atom. The molecule has 1 rings (SSSR count). The topological polar surface area (TPSA) is 38.0 Å². The second-order valence-electron chi connectivity index (χ2n) is 1.69. The van der Waals surface area contributed by atoms with E-state index < -0.39 is 0 Å². The Balaban J connectivity index is 2.74. The van der Waals surface area contributed by atoms with E-state index in [0.29, 0.717) is 10.9 Å². The van der Waals surface area contributed by atoms with Gasteiger partial charge in [-0.25, -0.2) is 0 Å². The SMILES string of the molecule is NC1=CC=C(Cl)NC1Cl. The predicted molar refractivity (Wildman–Crippen MR) is 39.0 cm³/mol. The molecule has 2 nitrogen and oxygen atoms in total. The van der Waals surface area contributed by atoms with Crippen LogP contribution in [0.3, 0.4) is 0 Å². The molecule has 0 bridgehead atoms. The number of halogens is 2. The Kier molecular flexibility index (Phi) is 1.88. The molecule has 3 N–H and O–H groups in total. The van der Waals surface area contributed by atoms with Crippen LogP contribution in [0.4, 0.5) is 0 Å². The summed E-state index contributed by atoms with van der Waals surface area (Å²) in [4.78, 5) is 0. The molecule has 0 aromatic carbocycles. The summed E-state index contributed by atoms with van der Waals surface area (Å²) in [5.74, 6) is 0. The van der Waals surface area contributed by atoms with Gasteiger partial charge in [-0.3, -0.25) is 0 Å². The van der Waals surface area contributed by atoms with E-state index in [4.69, 9.17) is 28.9 Å². The zero-order chi connectivity index (χ0) is 6.85. The number of allylic oxidation sites excluding steroid dienone is 2. The van der Waals surface area contributed by atoms with Gasteiger partial charge in [0.15, 0.2) is 0 Å². The number of hydrogen-bond acceptors (Lipinski definition) is 2. The van der Waals surface area contributed by atoms with Crippen molar-refractivity contribution in [3.63, 3.8) is 0 Å². The maximum Gasteiger partial charge on any atom is 0.142 e. The molecular formula is C5H6Cl2N2. The monoisotopic (exact) mass is 164 g/mol. The summed E-state index contributed by atoms with van der Waals surface area (Å²) in [6, 6.07) is 0. The van der Waals surface area contributed by atoms with E-state index in [0.717, 1.165) is 0 Å². The van der Waals surface area contributed by atoms with Crippen LogP contribution in [-0.2, 0) is 0 Å². The van der Waals surface area contributed by atoms with Gasteiger partial charge in [0.1, 0.15) is 10.7 Å². The molecule has 0 saturated heterocycles. The molecule has 0 radical (unpaired) electrons. The van der Waals surface area contributed by atoms with Crippen molar-refractivity contribution in [3.05, 3.63) is 23.0 Å². The van der Waals surface area contributed by atoms with Crippen molar-refractivity contribution < 1.29 is 0 Å². The second kappa shape index (κ2) is 2.50. The predicted octanol–water partition coefficient (Wildman–Crippen LogP) is 1.08. The average molecular weight is 165 g/mol. The summed E-state index contributed by atoms with van der Waals surface area (Å²) in [7, 11) is 0.